The van der Waals surface area contributed by atoms with Crippen LogP contribution < -0.4 is 25.8 Å². The number of piperazine rings is 2. The Hall–Kier alpha value is -6.95. The largest absolute Gasteiger partial charge is 0.456 e. The summed E-state index contributed by atoms with van der Waals surface area (Å²) in [5.41, 5.74) is 1.18. The van der Waals surface area contributed by atoms with Gasteiger partial charge in [-0.1, -0.05) is 0 Å². The molecule has 4 fully saturated rings. The van der Waals surface area contributed by atoms with E-state index in [2.05, 4.69) is 31.0 Å². The second kappa shape index (κ2) is 24.6. The molecule has 0 aliphatic carbocycles. The molecule has 6 aromatic rings. The van der Waals surface area contributed by atoms with Crippen molar-refractivity contribution in [3.05, 3.63) is 131 Å². The lowest BCUT2D eigenvalue weighted by molar-refractivity contribution is -0.138. The summed E-state index contributed by atoms with van der Waals surface area (Å²) in [4.78, 5) is 41.9. The van der Waals surface area contributed by atoms with Gasteiger partial charge in [-0.3, -0.25) is 28.6 Å². The number of aryl methyl sites for hydroxylation is 2. The van der Waals surface area contributed by atoms with Crippen LogP contribution in [0.15, 0.2) is 94.0 Å². The van der Waals surface area contributed by atoms with Crippen LogP contribution in [0, 0.1) is 0 Å². The van der Waals surface area contributed by atoms with Gasteiger partial charge in [-0.05, 0) is 98.5 Å². The lowest BCUT2D eigenvalue weighted by atomic mass is 9.98. The van der Waals surface area contributed by atoms with Crippen LogP contribution in [0.1, 0.15) is 97.5 Å². The number of halogens is 6. The molecule has 2 amide bonds. The topological polar surface area (TPSA) is 177 Å². The fourth-order valence-electron chi connectivity index (χ4n) is 9.22. The molecule has 0 bridgehead atoms. The zero-order valence-corrected chi connectivity index (χ0v) is 41.6. The predicted molar refractivity (Wildman–Crippen MR) is 266 cm³/mol. The average Bonchev–Trinajstić information content (AvgIpc) is 4.27. The van der Waals surface area contributed by atoms with Gasteiger partial charge in [-0.15, -0.1) is 0 Å². The van der Waals surface area contributed by atoms with Crippen molar-refractivity contribution in [2.45, 2.75) is 56.4 Å². The van der Waals surface area contributed by atoms with Gasteiger partial charge in [-0.25, -0.2) is 0 Å². The fourth-order valence-corrected chi connectivity index (χ4v) is 9.22. The third-order valence-electron chi connectivity index (χ3n) is 13.3. The Kier molecular flexibility index (Phi) is 17.8. The Labute approximate surface area is 429 Å². The Morgan fingerprint density at radius 3 is 1.51 bits per heavy atom. The maximum absolute atomic E-state index is 13.5. The fraction of sp³-hybridized carbons (Fsp3) is 0.442. The molecule has 0 saturated carbocycles. The minimum absolute atomic E-state index is 0.0741. The summed E-state index contributed by atoms with van der Waals surface area (Å²) in [6.45, 7) is 8.65. The van der Waals surface area contributed by atoms with Gasteiger partial charge in [0, 0.05) is 124 Å². The summed E-state index contributed by atoms with van der Waals surface area (Å²) >= 11 is 0. The monoisotopic (exact) mass is 1050 g/mol. The number of alkyl halides is 6. The first-order chi connectivity index (χ1) is 36.0. The molecule has 0 unspecified atom stereocenters. The van der Waals surface area contributed by atoms with Crippen molar-refractivity contribution in [2.75, 3.05) is 99.2 Å². The first kappa shape index (κ1) is 54.3. The Bertz CT molecular complexity index is 2830. The normalized spacial score (nSPS) is 17.1. The minimum Gasteiger partial charge on any atom is -0.456 e. The van der Waals surface area contributed by atoms with E-state index < -0.39 is 35.3 Å². The van der Waals surface area contributed by atoms with E-state index in [0.717, 1.165) is 88.1 Å². The molecule has 4 aliphatic rings. The van der Waals surface area contributed by atoms with E-state index in [1.165, 1.54) is 12.1 Å². The number of carbonyl (C=O) groups is 3. The third-order valence-corrected chi connectivity index (χ3v) is 13.3. The van der Waals surface area contributed by atoms with Crippen molar-refractivity contribution in [3.63, 3.8) is 0 Å². The predicted octanol–water partition coefficient (Wildman–Crippen LogP) is 8.59. The van der Waals surface area contributed by atoms with Gasteiger partial charge in [0.05, 0.1) is 39.6 Å². The number of furan rings is 2. The van der Waals surface area contributed by atoms with E-state index in [9.17, 15) is 40.7 Å². The Morgan fingerprint density at radius 1 is 0.627 bits per heavy atom. The molecule has 0 atom stereocenters. The van der Waals surface area contributed by atoms with Crippen LogP contribution in [0.25, 0.3) is 0 Å². The number of aromatic nitrogens is 4. The number of ether oxygens (including phenoxy) is 2. The molecule has 10 rings (SSSR count). The number of hydrogen-bond acceptors (Lipinski definition) is 13. The zero-order valence-electron chi connectivity index (χ0n) is 41.6. The first-order valence-corrected chi connectivity index (χ1v) is 24.8. The van der Waals surface area contributed by atoms with Gasteiger partial charge in [0.2, 0.25) is 0 Å². The number of carbonyl (C=O) groups excluding carboxylic acids is 3. The highest BCUT2D eigenvalue weighted by molar-refractivity contribution is 6.05. The number of hydrogen-bond donors (Lipinski definition) is 3. The average molecular weight is 1050 g/mol. The van der Waals surface area contributed by atoms with Crippen molar-refractivity contribution in [2.24, 2.45) is 14.1 Å². The van der Waals surface area contributed by atoms with E-state index in [-0.39, 0.29) is 34.7 Å². The molecule has 8 heterocycles. The summed E-state index contributed by atoms with van der Waals surface area (Å²) < 4.78 is 106. The van der Waals surface area contributed by atoms with E-state index in [0.29, 0.717) is 87.7 Å². The Balaban J connectivity index is 0.000000176. The van der Waals surface area contributed by atoms with Crippen LogP contribution in [0.5, 0.6) is 0 Å². The number of nitrogens with zero attached hydrogens (tertiary/aromatic N) is 7. The van der Waals surface area contributed by atoms with E-state index in [1.54, 1.807) is 52.9 Å². The number of anilines is 4. The molecule has 4 aromatic heterocycles. The highest BCUT2D eigenvalue weighted by atomic mass is 19.4. The number of nitrogens with one attached hydrogen (secondary N) is 3. The molecule has 17 nitrogen and oxygen atoms in total. The van der Waals surface area contributed by atoms with Crippen molar-refractivity contribution in [1.29, 1.82) is 0 Å². The summed E-state index contributed by atoms with van der Waals surface area (Å²) in [6.07, 6.45) is -1.44. The van der Waals surface area contributed by atoms with Gasteiger partial charge >= 0.3 is 12.4 Å². The summed E-state index contributed by atoms with van der Waals surface area (Å²) in [5, 5.41) is 16.7. The highest BCUT2D eigenvalue weighted by Gasteiger charge is 2.34. The van der Waals surface area contributed by atoms with Crippen LogP contribution in [0.4, 0.5) is 49.1 Å². The van der Waals surface area contributed by atoms with E-state index in [4.69, 9.17) is 18.3 Å². The van der Waals surface area contributed by atoms with E-state index in [1.807, 2.05) is 29.1 Å². The summed E-state index contributed by atoms with van der Waals surface area (Å²) in [6, 6.07) is 17.2. The second-order valence-electron chi connectivity index (χ2n) is 18.6. The summed E-state index contributed by atoms with van der Waals surface area (Å²) in [7, 11) is 3.64. The molecule has 4 saturated heterocycles. The molecule has 402 valence electrons. The highest BCUT2D eigenvalue weighted by Crippen LogP contribution is 2.38. The van der Waals surface area contributed by atoms with E-state index >= 15 is 0 Å². The molecule has 2 aromatic carbocycles. The molecular weight excluding hydrogens is 991 g/mol. The lowest BCUT2D eigenvalue weighted by Crippen LogP contribution is -2.46. The van der Waals surface area contributed by atoms with Crippen molar-refractivity contribution in [3.8, 4) is 0 Å². The SMILES string of the molecule is Cn1ccc(C=O)n1.Cn1ccc(CN2CCN(c3ccc(C(F)(F)F)cc3NC(=O)c3ccc(C4CCOCC4)o3)CC2)n1.O=C(Nc1cc(C(F)(F)F)ccc1N1CCNCC1)c1ccc(C2CCOCC2)o1. The number of amides is 2. The van der Waals surface area contributed by atoms with Gasteiger partial charge in [0.15, 0.2) is 17.8 Å². The zero-order chi connectivity index (χ0) is 53.1. The molecule has 0 radical (unpaired) electrons. The number of rotatable bonds is 11. The number of benzene rings is 2. The molecule has 23 heteroatoms. The van der Waals surface area contributed by atoms with Crippen molar-refractivity contribution < 1.29 is 59.0 Å². The van der Waals surface area contributed by atoms with Crippen LogP contribution in [0.2, 0.25) is 0 Å². The van der Waals surface area contributed by atoms with Crippen LogP contribution in [-0.4, -0.2) is 121 Å². The molecule has 4 aliphatic heterocycles. The van der Waals surface area contributed by atoms with Crippen molar-refractivity contribution >= 4 is 40.9 Å². The van der Waals surface area contributed by atoms with Gasteiger partial charge in [0.25, 0.3) is 11.8 Å². The van der Waals surface area contributed by atoms with Crippen LogP contribution >= 0.6 is 0 Å². The van der Waals surface area contributed by atoms with Crippen LogP contribution in [-0.2, 0) is 42.5 Å². The molecule has 3 N–H and O–H groups in total. The third kappa shape index (κ3) is 14.7. The van der Waals surface area contributed by atoms with Crippen LogP contribution in [0.3, 0.4) is 0 Å². The second-order valence-corrected chi connectivity index (χ2v) is 18.6. The smallest absolute Gasteiger partial charge is 0.416 e. The van der Waals surface area contributed by atoms with Gasteiger partial charge < -0.3 is 44.1 Å². The van der Waals surface area contributed by atoms with Crippen molar-refractivity contribution in [1.82, 2.24) is 29.8 Å². The molecule has 75 heavy (non-hydrogen) atoms. The maximum Gasteiger partial charge on any atom is 0.416 e. The molecule has 0 spiro atoms. The van der Waals surface area contributed by atoms with Gasteiger partial charge in [0.1, 0.15) is 17.2 Å². The lowest BCUT2D eigenvalue weighted by Gasteiger charge is -2.36. The number of aldehydes is 1. The summed E-state index contributed by atoms with van der Waals surface area (Å²) in [5.74, 6) is 0.769. The Morgan fingerprint density at radius 2 is 1.09 bits per heavy atom. The maximum atomic E-state index is 13.5. The molecular formula is C52H60F6N10O7. The first-order valence-electron chi connectivity index (χ1n) is 24.8. The van der Waals surface area contributed by atoms with Gasteiger partial charge in [-0.2, -0.15) is 36.5 Å². The standard InChI is InChI=1S/C26H30F3N5O3.C21H24F3N3O3.C5H6N2O/c1-32-9-6-20(31-32)17-33-10-12-34(13-11-33)22-3-2-19(26(27,28)29)16-21(22)30-25(35)24-5-4-23(37-24)18-7-14-36-15-8-18;22-21(23,24)15-1-2-17(27-9-7-25-8-10-27)16(13-15)26-20(28)19-4-3-18(30-19)14-5-11-29-12-6-14;1-7-3-2-5(4-8)6-7/h2-6,9,16,18H,7-8,10-15,17H2,1H3,(H,30,35);1-4,13-14,25H,5-12H2,(H,26,28);2-4H,1H3. The quantitative estimate of drug-likeness (QED) is 0.0832. The minimum atomic E-state index is -4.53.